The van der Waals surface area contributed by atoms with Crippen LogP contribution < -0.4 is 10.6 Å². The maximum atomic E-state index is 12.2. The van der Waals surface area contributed by atoms with Crippen LogP contribution in [0.3, 0.4) is 0 Å². The molecule has 2 heterocycles. The molecule has 8 heteroatoms. The first-order valence-electron chi connectivity index (χ1n) is 7.22. The number of amides is 2. The molecule has 0 radical (unpaired) electrons. The first-order chi connectivity index (χ1) is 10.3. The first kappa shape index (κ1) is 15.0. The first-order valence-corrected chi connectivity index (χ1v) is 7.99. The van der Waals surface area contributed by atoms with E-state index in [4.69, 9.17) is 0 Å². The van der Waals surface area contributed by atoms with Crippen molar-refractivity contribution in [2.45, 2.75) is 44.6 Å². The van der Waals surface area contributed by atoms with Crippen molar-refractivity contribution in [3.63, 3.8) is 0 Å². The van der Waals surface area contributed by atoms with Gasteiger partial charge < -0.3 is 5.32 Å². The average Bonchev–Trinajstić information content (AvgIpc) is 2.85. The zero-order valence-corrected chi connectivity index (χ0v) is 14.0. The maximum Gasteiger partial charge on any atom is 0.321 e. The third-order valence-corrected chi connectivity index (χ3v) is 4.36. The molecule has 1 fully saturated rings. The lowest BCUT2D eigenvalue weighted by Gasteiger charge is -2.17. The van der Waals surface area contributed by atoms with Crippen LogP contribution in [0.2, 0.25) is 0 Å². The van der Waals surface area contributed by atoms with E-state index in [1.807, 2.05) is 33.9 Å². The van der Waals surface area contributed by atoms with E-state index in [0.717, 1.165) is 24.4 Å². The molecule has 1 saturated carbocycles. The van der Waals surface area contributed by atoms with Gasteiger partial charge in [0.05, 0.1) is 11.2 Å². The molecular formula is C14H20N6OS. The normalized spacial score (nSPS) is 16.4. The Labute approximate surface area is 133 Å². The lowest BCUT2D eigenvalue weighted by atomic mass is 9.96. The van der Waals surface area contributed by atoms with E-state index in [9.17, 15) is 4.79 Å². The van der Waals surface area contributed by atoms with Gasteiger partial charge in [-0.05, 0) is 18.9 Å². The highest BCUT2D eigenvalue weighted by Gasteiger charge is 2.48. The van der Waals surface area contributed by atoms with Crippen LogP contribution in [-0.4, -0.2) is 25.2 Å². The number of aromatic nitrogens is 4. The summed E-state index contributed by atoms with van der Waals surface area (Å²) in [7, 11) is 1.88. The van der Waals surface area contributed by atoms with Crippen LogP contribution >= 0.6 is 11.5 Å². The standard InChI is InChI=1S/C14H20N6OS/c1-13(2,3)10-16-12(22-19-10)17-11(21)18-14(6-7-14)9-5-8-15-20(9)4/h5,8H,6-7H2,1-4H3,(H2,16,17,18,19,21). The summed E-state index contributed by atoms with van der Waals surface area (Å²) in [6.45, 7) is 6.13. The van der Waals surface area contributed by atoms with Crippen molar-refractivity contribution in [1.29, 1.82) is 0 Å². The van der Waals surface area contributed by atoms with Gasteiger partial charge in [-0.3, -0.25) is 10.00 Å². The molecule has 0 spiro atoms. The van der Waals surface area contributed by atoms with Gasteiger partial charge in [-0.25, -0.2) is 9.78 Å². The second-order valence-corrected chi connectivity index (χ2v) is 7.43. The molecule has 0 saturated heterocycles. The van der Waals surface area contributed by atoms with Crippen LogP contribution in [0.15, 0.2) is 12.3 Å². The predicted molar refractivity (Wildman–Crippen MR) is 84.9 cm³/mol. The van der Waals surface area contributed by atoms with Gasteiger partial charge in [-0.2, -0.15) is 9.47 Å². The summed E-state index contributed by atoms with van der Waals surface area (Å²) in [6, 6.07) is 1.69. The molecule has 118 valence electrons. The highest BCUT2D eigenvalue weighted by Crippen LogP contribution is 2.45. The second kappa shape index (κ2) is 5.05. The van der Waals surface area contributed by atoms with Gasteiger partial charge in [0.2, 0.25) is 5.13 Å². The molecule has 1 aliphatic carbocycles. The van der Waals surface area contributed by atoms with Crippen LogP contribution in [0.25, 0.3) is 0 Å². The quantitative estimate of drug-likeness (QED) is 0.909. The summed E-state index contributed by atoms with van der Waals surface area (Å²) >= 11 is 1.20. The molecule has 0 unspecified atom stereocenters. The van der Waals surface area contributed by atoms with Crippen molar-refractivity contribution in [3.8, 4) is 0 Å². The van der Waals surface area contributed by atoms with E-state index in [1.165, 1.54) is 11.5 Å². The van der Waals surface area contributed by atoms with Crippen LogP contribution in [0.1, 0.15) is 45.1 Å². The van der Waals surface area contributed by atoms with E-state index in [1.54, 1.807) is 10.9 Å². The molecule has 0 atom stereocenters. The number of anilines is 1. The molecule has 2 N–H and O–H groups in total. The van der Waals surface area contributed by atoms with Gasteiger partial charge >= 0.3 is 6.03 Å². The van der Waals surface area contributed by atoms with Gasteiger partial charge in [0.1, 0.15) is 5.82 Å². The third-order valence-electron chi connectivity index (χ3n) is 3.73. The van der Waals surface area contributed by atoms with Crippen molar-refractivity contribution < 1.29 is 4.79 Å². The fourth-order valence-electron chi connectivity index (χ4n) is 2.34. The fraction of sp³-hybridized carbons (Fsp3) is 0.571. The molecule has 2 aromatic heterocycles. The molecule has 0 bridgehead atoms. The molecule has 7 nitrogen and oxygen atoms in total. The average molecular weight is 320 g/mol. The van der Waals surface area contributed by atoms with E-state index in [2.05, 4.69) is 25.1 Å². The Morgan fingerprint density at radius 1 is 1.41 bits per heavy atom. The zero-order valence-electron chi connectivity index (χ0n) is 13.2. The Morgan fingerprint density at radius 2 is 2.14 bits per heavy atom. The molecule has 2 aromatic rings. The summed E-state index contributed by atoms with van der Waals surface area (Å²) < 4.78 is 6.09. The Bertz CT molecular complexity index is 694. The molecule has 1 aliphatic rings. The number of urea groups is 1. The van der Waals surface area contributed by atoms with Gasteiger partial charge in [0.15, 0.2) is 0 Å². The summed E-state index contributed by atoms with van der Waals surface area (Å²) in [5.41, 5.74) is 0.599. The minimum absolute atomic E-state index is 0.126. The minimum Gasteiger partial charge on any atom is -0.327 e. The van der Waals surface area contributed by atoms with Crippen LogP contribution in [0, 0.1) is 0 Å². The predicted octanol–water partition coefficient (Wildman–Crippen LogP) is 2.38. The summed E-state index contributed by atoms with van der Waals surface area (Å²) in [4.78, 5) is 16.6. The molecule has 0 aliphatic heterocycles. The zero-order chi connectivity index (χ0) is 16.0. The molecule has 0 aromatic carbocycles. The highest BCUT2D eigenvalue weighted by molar-refractivity contribution is 7.09. The van der Waals surface area contributed by atoms with Gasteiger partial charge in [-0.15, -0.1) is 0 Å². The second-order valence-electron chi connectivity index (χ2n) is 6.67. The minimum atomic E-state index is -0.299. The van der Waals surface area contributed by atoms with Crippen molar-refractivity contribution in [2.24, 2.45) is 7.05 Å². The van der Waals surface area contributed by atoms with Gasteiger partial charge in [0.25, 0.3) is 0 Å². The van der Waals surface area contributed by atoms with Crippen molar-refractivity contribution in [1.82, 2.24) is 24.5 Å². The number of carbonyl (C=O) groups excluding carboxylic acids is 1. The third kappa shape index (κ3) is 2.83. The Kier molecular flexibility index (Phi) is 3.43. The number of nitrogens with zero attached hydrogens (tertiary/aromatic N) is 4. The number of carbonyl (C=O) groups is 1. The molecular weight excluding hydrogens is 300 g/mol. The van der Waals surface area contributed by atoms with E-state index in [0.29, 0.717) is 5.13 Å². The van der Waals surface area contributed by atoms with Gasteiger partial charge in [-0.1, -0.05) is 20.8 Å². The number of rotatable bonds is 3. The Balaban J connectivity index is 1.66. The Morgan fingerprint density at radius 3 is 2.64 bits per heavy atom. The van der Waals surface area contributed by atoms with E-state index < -0.39 is 0 Å². The number of hydrogen-bond donors (Lipinski definition) is 2. The largest absolute Gasteiger partial charge is 0.327 e. The smallest absolute Gasteiger partial charge is 0.321 e. The van der Waals surface area contributed by atoms with Crippen LogP contribution in [-0.2, 0) is 18.0 Å². The number of nitrogens with one attached hydrogen (secondary N) is 2. The lowest BCUT2D eigenvalue weighted by molar-refractivity contribution is 0.246. The maximum absolute atomic E-state index is 12.2. The Hall–Kier alpha value is -1.96. The topological polar surface area (TPSA) is 84.7 Å². The fourth-order valence-corrected chi connectivity index (χ4v) is 3.09. The molecule has 22 heavy (non-hydrogen) atoms. The summed E-state index contributed by atoms with van der Waals surface area (Å²) in [5, 5.41) is 10.5. The van der Waals surface area contributed by atoms with E-state index in [-0.39, 0.29) is 17.0 Å². The molecule has 3 rings (SSSR count). The van der Waals surface area contributed by atoms with Crippen molar-refractivity contribution in [3.05, 3.63) is 23.8 Å². The summed E-state index contributed by atoms with van der Waals surface area (Å²) in [6.07, 6.45) is 3.59. The number of hydrogen-bond acceptors (Lipinski definition) is 5. The van der Waals surface area contributed by atoms with Crippen LogP contribution in [0.5, 0.6) is 0 Å². The van der Waals surface area contributed by atoms with Crippen molar-refractivity contribution >= 4 is 22.7 Å². The SMILES string of the molecule is Cn1nccc1C1(NC(=O)Nc2nc(C(C)(C)C)ns2)CC1. The van der Waals surface area contributed by atoms with Crippen LogP contribution in [0.4, 0.5) is 9.93 Å². The lowest BCUT2D eigenvalue weighted by Crippen LogP contribution is -2.39. The summed E-state index contributed by atoms with van der Waals surface area (Å²) in [5.74, 6) is 0.737. The van der Waals surface area contributed by atoms with E-state index >= 15 is 0 Å². The van der Waals surface area contributed by atoms with Crippen molar-refractivity contribution in [2.75, 3.05) is 5.32 Å². The monoisotopic (exact) mass is 320 g/mol. The highest BCUT2D eigenvalue weighted by atomic mass is 32.1. The number of aryl methyl sites for hydroxylation is 1. The van der Waals surface area contributed by atoms with Gasteiger partial charge in [0, 0.05) is 30.2 Å². The molecule has 2 amide bonds.